The smallest absolute Gasteiger partial charge is 0.338 e. The zero-order chi connectivity index (χ0) is 45.8. The average Bonchev–Trinajstić information content (AvgIpc) is 3.19. The van der Waals surface area contributed by atoms with Gasteiger partial charge in [-0.1, -0.05) is 63.6 Å². The Balaban J connectivity index is 0.000000242. The second-order valence-electron chi connectivity index (χ2n) is 16.3. The van der Waals surface area contributed by atoms with Gasteiger partial charge < -0.3 is 38.3 Å². The maximum atomic E-state index is 11.8. The van der Waals surface area contributed by atoms with Gasteiger partial charge in [0.25, 0.3) is 0 Å². The number of fused-ring (bicyclic) bond motifs is 3. The Morgan fingerprint density at radius 2 is 1.16 bits per heavy atom. The Labute approximate surface area is 363 Å². The maximum Gasteiger partial charge on any atom is 0.338 e. The van der Waals surface area contributed by atoms with Crippen molar-refractivity contribution < 1.29 is 57.4 Å². The fourth-order valence-corrected chi connectivity index (χ4v) is 5.75. The lowest BCUT2D eigenvalue weighted by atomic mass is 9.88. The van der Waals surface area contributed by atoms with Gasteiger partial charge in [0, 0.05) is 27.7 Å². The average molecular weight is 849 g/mol. The van der Waals surface area contributed by atoms with E-state index in [0.29, 0.717) is 73.4 Å². The Kier molecular flexibility index (Phi) is 16.6. The van der Waals surface area contributed by atoms with E-state index in [-0.39, 0.29) is 29.2 Å². The largest absolute Gasteiger partial charge is 0.508 e. The summed E-state index contributed by atoms with van der Waals surface area (Å²) in [6.45, 7) is 29.7. The SMILES string of the molecule is C=C(C)C(=O)O/C(C)=C/c1ccc(O)cc1C.C=C(C)C(=O)OCC1(C)COC1.C=C(C)C(=O)OCC1(COc2ccc3c(ccc4cc(OC(=O)C(=C)C)ccc43)c2)COC1. The number of esters is 4. The van der Waals surface area contributed by atoms with Crippen molar-refractivity contribution in [2.75, 3.05) is 46.2 Å². The van der Waals surface area contributed by atoms with E-state index in [1.807, 2.05) is 56.3 Å². The van der Waals surface area contributed by atoms with Crippen molar-refractivity contribution in [2.24, 2.45) is 10.8 Å². The molecule has 12 nitrogen and oxygen atoms in total. The van der Waals surface area contributed by atoms with Crippen LogP contribution >= 0.6 is 0 Å². The van der Waals surface area contributed by atoms with Gasteiger partial charge in [-0.25, -0.2) is 19.2 Å². The molecular formula is C50H56O12. The first-order chi connectivity index (χ1) is 29.2. The van der Waals surface area contributed by atoms with Crippen molar-refractivity contribution in [3.05, 3.63) is 132 Å². The minimum atomic E-state index is -0.444. The van der Waals surface area contributed by atoms with E-state index in [0.717, 1.165) is 38.4 Å². The Bertz CT molecular complexity index is 2410. The van der Waals surface area contributed by atoms with Crippen LogP contribution in [0.4, 0.5) is 0 Å². The molecule has 0 saturated carbocycles. The summed E-state index contributed by atoms with van der Waals surface area (Å²) in [6, 6.07) is 20.5. The number of hydrogen-bond donors (Lipinski definition) is 1. The number of ether oxygens (including phenoxy) is 7. The summed E-state index contributed by atoms with van der Waals surface area (Å²) >= 11 is 0. The number of carbonyl (C=O) groups excluding carboxylic acids is 4. The molecule has 12 heteroatoms. The number of phenolic OH excluding ortho intramolecular Hbond substituents is 1. The normalized spacial score (nSPS) is 14.5. The van der Waals surface area contributed by atoms with Gasteiger partial charge in [-0.15, -0.1) is 0 Å². The van der Waals surface area contributed by atoms with E-state index in [4.69, 9.17) is 33.2 Å². The quantitative estimate of drug-likeness (QED) is 0.0321. The molecule has 0 amide bonds. The second kappa shape index (κ2) is 21.3. The topological polar surface area (TPSA) is 153 Å². The van der Waals surface area contributed by atoms with Crippen LogP contribution < -0.4 is 9.47 Å². The molecule has 4 aromatic carbocycles. The summed E-state index contributed by atoms with van der Waals surface area (Å²) in [7, 11) is 0. The predicted octanol–water partition coefficient (Wildman–Crippen LogP) is 9.31. The van der Waals surface area contributed by atoms with Crippen LogP contribution in [0.15, 0.2) is 121 Å². The number of aromatic hydroxyl groups is 1. The van der Waals surface area contributed by atoms with Gasteiger partial charge in [0.15, 0.2) is 0 Å². The fourth-order valence-electron chi connectivity index (χ4n) is 5.75. The minimum Gasteiger partial charge on any atom is -0.508 e. The van der Waals surface area contributed by atoms with Crippen molar-refractivity contribution in [2.45, 2.75) is 48.5 Å². The molecule has 6 rings (SSSR count). The highest BCUT2D eigenvalue weighted by molar-refractivity contribution is 6.08. The van der Waals surface area contributed by atoms with Crippen LogP contribution in [0.2, 0.25) is 0 Å². The monoisotopic (exact) mass is 848 g/mol. The Morgan fingerprint density at radius 1 is 0.645 bits per heavy atom. The molecule has 0 spiro atoms. The van der Waals surface area contributed by atoms with Gasteiger partial charge >= 0.3 is 23.9 Å². The first kappa shape index (κ1) is 48.2. The summed E-state index contributed by atoms with van der Waals surface area (Å²) in [4.78, 5) is 45.8. The summed E-state index contributed by atoms with van der Waals surface area (Å²) < 4.78 is 37.1. The van der Waals surface area contributed by atoms with Gasteiger partial charge in [0.2, 0.25) is 0 Å². The molecule has 0 aliphatic carbocycles. The van der Waals surface area contributed by atoms with Crippen LogP contribution in [-0.2, 0) is 42.9 Å². The maximum absolute atomic E-state index is 11.8. The molecule has 0 unspecified atom stereocenters. The standard InChI is InChI=1S/C27H26O6.C14H16O3.C9H14O3/c1-17(2)25(28)32-16-27(13-30-14-27)15-31-21-7-9-23-19(11-21)5-6-20-12-22(8-10-24(20)23)33-26(29)18(3)4;1-9(2)14(16)17-11(4)8-12-5-6-13(15)7-10(12)3;1-7(2)8(10)12-6-9(3)4-11-5-9/h5-12H,1,3,13-16H2,2,4H3;5-8,15H,1H2,2-4H3;1,4-6H2,2-3H3/b;11-8+;. The molecule has 2 aliphatic heterocycles. The molecule has 0 aromatic heterocycles. The van der Waals surface area contributed by atoms with E-state index in [1.165, 1.54) is 0 Å². The zero-order valence-corrected chi connectivity index (χ0v) is 36.6. The van der Waals surface area contributed by atoms with Gasteiger partial charge in [-0.05, 0) is 117 Å². The molecule has 4 aromatic rings. The van der Waals surface area contributed by atoms with Crippen molar-refractivity contribution >= 4 is 51.5 Å². The molecule has 2 heterocycles. The third-order valence-electron chi connectivity index (χ3n) is 9.57. The Morgan fingerprint density at radius 3 is 1.65 bits per heavy atom. The van der Waals surface area contributed by atoms with Crippen LogP contribution in [0.3, 0.4) is 0 Å². The number of benzene rings is 4. The molecule has 62 heavy (non-hydrogen) atoms. The fraction of sp³-hybridized carbons (Fsp3) is 0.320. The van der Waals surface area contributed by atoms with Crippen LogP contribution in [0.25, 0.3) is 27.6 Å². The van der Waals surface area contributed by atoms with Crippen LogP contribution in [0, 0.1) is 17.8 Å². The molecule has 2 saturated heterocycles. The predicted molar refractivity (Wildman–Crippen MR) is 239 cm³/mol. The highest BCUT2D eigenvalue weighted by Gasteiger charge is 2.41. The molecule has 0 atom stereocenters. The molecule has 0 bridgehead atoms. The lowest BCUT2D eigenvalue weighted by molar-refractivity contribution is -0.174. The first-order valence-electron chi connectivity index (χ1n) is 19.8. The Hall–Kier alpha value is -6.50. The lowest BCUT2D eigenvalue weighted by Crippen LogP contribution is -2.51. The lowest BCUT2D eigenvalue weighted by Gasteiger charge is -2.40. The van der Waals surface area contributed by atoms with Gasteiger partial charge in [0.05, 0.1) is 31.8 Å². The van der Waals surface area contributed by atoms with Crippen molar-refractivity contribution in [1.82, 2.24) is 0 Å². The first-order valence-corrected chi connectivity index (χ1v) is 19.8. The summed E-state index contributed by atoms with van der Waals surface area (Å²) in [5.74, 6) is 0.320. The molecule has 328 valence electrons. The van der Waals surface area contributed by atoms with Crippen LogP contribution in [-0.4, -0.2) is 75.2 Å². The number of carbonyl (C=O) groups is 4. The summed E-state index contributed by atoms with van der Waals surface area (Å²) in [5.41, 5.74) is 3.02. The van der Waals surface area contributed by atoms with Crippen LogP contribution in [0.5, 0.6) is 17.2 Å². The van der Waals surface area contributed by atoms with E-state index in [9.17, 15) is 24.3 Å². The van der Waals surface area contributed by atoms with Gasteiger partial charge in [0.1, 0.15) is 42.8 Å². The molecule has 0 radical (unpaired) electrons. The van der Waals surface area contributed by atoms with E-state index in [1.54, 1.807) is 65.0 Å². The summed E-state index contributed by atoms with van der Waals surface area (Å²) in [6.07, 6.45) is 1.75. The van der Waals surface area contributed by atoms with Crippen molar-refractivity contribution in [3.63, 3.8) is 0 Å². The molecule has 2 fully saturated rings. The number of allylic oxidation sites excluding steroid dienone is 1. The highest BCUT2D eigenvalue weighted by atomic mass is 16.6. The zero-order valence-electron chi connectivity index (χ0n) is 36.6. The number of hydrogen-bond acceptors (Lipinski definition) is 12. The molecule has 1 N–H and O–H groups in total. The second-order valence-corrected chi connectivity index (χ2v) is 16.3. The van der Waals surface area contributed by atoms with Crippen molar-refractivity contribution in [3.8, 4) is 17.2 Å². The molecule has 2 aliphatic rings. The highest BCUT2D eigenvalue weighted by Crippen LogP contribution is 2.33. The van der Waals surface area contributed by atoms with Crippen molar-refractivity contribution in [1.29, 1.82) is 0 Å². The number of aryl methyl sites for hydroxylation is 1. The van der Waals surface area contributed by atoms with E-state index < -0.39 is 17.9 Å². The van der Waals surface area contributed by atoms with Crippen LogP contribution in [0.1, 0.15) is 52.7 Å². The molecular weight excluding hydrogens is 793 g/mol. The third kappa shape index (κ3) is 13.8. The number of rotatable bonds is 14. The van der Waals surface area contributed by atoms with Gasteiger partial charge in [-0.3, -0.25) is 0 Å². The van der Waals surface area contributed by atoms with Gasteiger partial charge in [-0.2, -0.15) is 0 Å². The van der Waals surface area contributed by atoms with E-state index >= 15 is 0 Å². The summed E-state index contributed by atoms with van der Waals surface area (Å²) in [5, 5.41) is 13.4. The third-order valence-corrected chi connectivity index (χ3v) is 9.57. The van der Waals surface area contributed by atoms with E-state index in [2.05, 4.69) is 26.3 Å². The number of phenols is 1. The minimum absolute atomic E-state index is 0.0328.